The Morgan fingerprint density at radius 1 is 1.20 bits per heavy atom. The Balaban J connectivity index is 3.04. The van der Waals surface area contributed by atoms with E-state index in [4.69, 9.17) is 23.2 Å². The van der Waals surface area contributed by atoms with E-state index in [2.05, 4.69) is 15.9 Å². The third-order valence-electron chi connectivity index (χ3n) is 1.07. The van der Waals surface area contributed by atoms with Crippen LogP contribution in [-0.4, -0.2) is 0 Å². The molecule has 0 saturated carbocycles. The van der Waals surface area contributed by atoms with Crippen LogP contribution in [-0.2, 0) is 0 Å². The van der Waals surface area contributed by atoms with Crippen LogP contribution in [0.4, 0.5) is 0 Å². The molecule has 0 aliphatic carbocycles. The Morgan fingerprint density at radius 3 is 2.40 bits per heavy atom. The zero-order valence-corrected chi connectivity index (χ0v) is 8.04. The normalized spacial score (nSPS) is 9.90. The highest BCUT2D eigenvalue weighted by Crippen LogP contribution is 2.23. The molecule has 0 atom stereocenters. The fraction of sp³-hybridized carbons (Fsp3) is 0. The highest BCUT2D eigenvalue weighted by molar-refractivity contribution is 9.10. The van der Waals surface area contributed by atoms with Gasteiger partial charge >= 0.3 is 0 Å². The maximum absolute atomic E-state index is 5.72. The van der Waals surface area contributed by atoms with Gasteiger partial charge in [0.25, 0.3) is 0 Å². The largest absolute Gasteiger partial charge is 0.0827 e. The van der Waals surface area contributed by atoms with E-state index in [-0.39, 0.29) is 0 Å². The van der Waals surface area contributed by atoms with Gasteiger partial charge in [0.15, 0.2) is 0 Å². The van der Waals surface area contributed by atoms with Crippen molar-refractivity contribution in [3.63, 3.8) is 0 Å². The Hall–Kier alpha value is 0.280. The third kappa shape index (κ3) is 1.88. The van der Waals surface area contributed by atoms with Gasteiger partial charge in [-0.05, 0) is 17.7 Å². The summed E-state index contributed by atoms with van der Waals surface area (Å²) in [4.78, 5) is 0. The first-order valence-corrected chi connectivity index (χ1v) is 4.29. The van der Waals surface area contributed by atoms with Crippen molar-refractivity contribution in [2.75, 3.05) is 0 Å². The number of hydrogen-bond donors (Lipinski definition) is 0. The SMILES string of the molecule is Clc1ccc([CH]Br)cc1Cl. The van der Waals surface area contributed by atoms with Crippen LogP contribution in [0.2, 0.25) is 10.0 Å². The molecule has 3 heteroatoms. The lowest BCUT2D eigenvalue weighted by molar-refractivity contribution is 1.60. The monoisotopic (exact) mass is 237 g/mol. The second-order valence-electron chi connectivity index (χ2n) is 1.78. The molecular formula is C7H4BrCl2. The first kappa shape index (κ1) is 8.38. The second kappa shape index (κ2) is 3.61. The van der Waals surface area contributed by atoms with E-state index in [0.29, 0.717) is 10.0 Å². The molecule has 0 unspecified atom stereocenters. The van der Waals surface area contributed by atoms with Crippen molar-refractivity contribution in [3.8, 4) is 0 Å². The molecule has 0 heterocycles. The molecule has 0 nitrogen and oxygen atoms in total. The van der Waals surface area contributed by atoms with Gasteiger partial charge in [0.2, 0.25) is 0 Å². The highest BCUT2D eigenvalue weighted by Gasteiger charge is 1.96. The van der Waals surface area contributed by atoms with Crippen molar-refractivity contribution < 1.29 is 0 Å². The lowest BCUT2D eigenvalue weighted by Gasteiger charge is -1.96. The number of halogens is 3. The molecule has 1 aromatic rings. The van der Waals surface area contributed by atoms with Crippen molar-refractivity contribution in [2.45, 2.75) is 0 Å². The van der Waals surface area contributed by atoms with Crippen molar-refractivity contribution in [2.24, 2.45) is 0 Å². The highest BCUT2D eigenvalue weighted by atomic mass is 79.9. The Morgan fingerprint density at radius 2 is 1.90 bits per heavy atom. The Bertz CT molecular complexity index is 235. The molecule has 0 aliphatic rings. The molecule has 1 radical (unpaired) electrons. The van der Waals surface area contributed by atoms with Gasteiger partial charge in [-0.3, -0.25) is 0 Å². The lowest BCUT2D eigenvalue weighted by atomic mass is 10.2. The Kier molecular flexibility index (Phi) is 3.02. The molecule has 0 N–H and O–H groups in total. The maximum Gasteiger partial charge on any atom is 0.0595 e. The quantitative estimate of drug-likeness (QED) is 0.697. The van der Waals surface area contributed by atoms with Gasteiger partial charge in [0.05, 0.1) is 15.4 Å². The van der Waals surface area contributed by atoms with Crippen LogP contribution >= 0.6 is 39.1 Å². The summed E-state index contributed by atoms with van der Waals surface area (Å²) in [5.41, 5.74) is 1.01. The molecule has 0 aliphatic heterocycles. The minimum atomic E-state index is 0.579. The predicted molar refractivity (Wildman–Crippen MR) is 48.8 cm³/mol. The summed E-state index contributed by atoms with van der Waals surface area (Å²) < 4.78 is 0. The van der Waals surface area contributed by atoms with Gasteiger partial charge in [0, 0.05) is 0 Å². The van der Waals surface area contributed by atoms with Crippen LogP contribution in [0, 0.1) is 5.33 Å². The first-order valence-electron chi connectivity index (χ1n) is 2.62. The van der Waals surface area contributed by atoms with Crippen LogP contribution in [0.3, 0.4) is 0 Å². The van der Waals surface area contributed by atoms with E-state index in [9.17, 15) is 0 Å². The second-order valence-corrected chi connectivity index (χ2v) is 3.05. The van der Waals surface area contributed by atoms with Crippen molar-refractivity contribution in [1.82, 2.24) is 0 Å². The van der Waals surface area contributed by atoms with Crippen LogP contribution in [0.25, 0.3) is 0 Å². The van der Waals surface area contributed by atoms with Crippen LogP contribution in [0.15, 0.2) is 18.2 Å². The number of benzene rings is 1. The van der Waals surface area contributed by atoms with E-state index >= 15 is 0 Å². The number of rotatable bonds is 1. The van der Waals surface area contributed by atoms with Gasteiger partial charge in [-0.1, -0.05) is 45.2 Å². The van der Waals surface area contributed by atoms with E-state index in [1.807, 2.05) is 6.07 Å². The van der Waals surface area contributed by atoms with E-state index in [1.54, 1.807) is 17.5 Å². The van der Waals surface area contributed by atoms with Crippen molar-refractivity contribution >= 4 is 39.1 Å². The molecular weight excluding hydrogens is 235 g/mol. The zero-order chi connectivity index (χ0) is 7.56. The summed E-state index contributed by atoms with van der Waals surface area (Å²) in [6.07, 6.45) is 0. The summed E-state index contributed by atoms with van der Waals surface area (Å²) in [7, 11) is 0. The predicted octanol–water partition coefficient (Wildman–Crippen LogP) is 3.90. The van der Waals surface area contributed by atoms with E-state index in [1.165, 1.54) is 0 Å². The summed E-state index contributed by atoms with van der Waals surface area (Å²) in [6, 6.07) is 5.43. The molecule has 0 saturated heterocycles. The maximum atomic E-state index is 5.72. The van der Waals surface area contributed by atoms with Gasteiger partial charge < -0.3 is 0 Å². The lowest BCUT2D eigenvalue weighted by Crippen LogP contribution is -1.74. The smallest absolute Gasteiger partial charge is 0.0595 e. The van der Waals surface area contributed by atoms with Gasteiger partial charge in [0.1, 0.15) is 0 Å². The topological polar surface area (TPSA) is 0 Å². The van der Waals surface area contributed by atoms with E-state index in [0.717, 1.165) is 5.56 Å². The molecule has 0 amide bonds. The molecule has 1 rings (SSSR count). The minimum absolute atomic E-state index is 0.579. The van der Waals surface area contributed by atoms with Gasteiger partial charge in [-0.2, -0.15) is 0 Å². The van der Waals surface area contributed by atoms with E-state index < -0.39 is 0 Å². The van der Waals surface area contributed by atoms with Gasteiger partial charge in [-0.25, -0.2) is 0 Å². The minimum Gasteiger partial charge on any atom is -0.0827 e. The average Bonchev–Trinajstić information content (AvgIpc) is 1.95. The number of hydrogen-bond acceptors (Lipinski definition) is 0. The molecule has 10 heavy (non-hydrogen) atoms. The summed E-state index contributed by atoms with van der Waals surface area (Å²) in [5.74, 6) is 0. The van der Waals surface area contributed by atoms with Crippen LogP contribution in [0.1, 0.15) is 5.56 Å². The van der Waals surface area contributed by atoms with Crippen molar-refractivity contribution in [1.29, 1.82) is 0 Å². The third-order valence-corrected chi connectivity index (χ3v) is 2.34. The fourth-order valence-corrected chi connectivity index (χ4v) is 1.17. The molecule has 53 valence electrons. The summed E-state index contributed by atoms with van der Waals surface area (Å²) in [6.45, 7) is 0. The average molecular weight is 239 g/mol. The molecule has 0 fully saturated rings. The van der Waals surface area contributed by atoms with Crippen LogP contribution in [0.5, 0.6) is 0 Å². The van der Waals surface area contributed by atoms with Crippen molar-refractivity contribution in [3.05, 3.63) is 39.1 Å². The Labute approximate surface area is 78.3 Å². The zero-order valence-electron chi connectivity index (χ0n) is 4.94. The summed E-state index contributed by atoms with van der Waals surface area (Å²) in [5, 5.41) is 2.95. The standard InChI is InChI=1S/C7H4BrCl2/c8-4-5-1-2-6(9)7(10)3-5/h1-4H. The molecule has 0 spiro atoms. The fourth-order valence-electron chi connectivity index (χ4n) is 0.580. The van der Waals surface area contributed by atoms with Gasteiger partial charge in [-0.15, -0.1) is 0 Å². The van der Waals surface area contributed by atoms with Crippen LogP contribution < -0.4 is 0 Å². The molecule has 1 aromatic carbocycles. The molecule has 0 aromatic heterocycles. The first-order chi connectivity index (χ1) is 4.74. The molecule has 0 bridgehead atoms. The summed E-state index contributed by atoms with van der Waals surface area (Å²) >= 11 is 14.6.